The zero-order chi connectivity index (χ0) is 24.2. The zero-order valence-electron chi connectivity index (χ0n) is 20.0. The van der Waals surface area contributed by atoms with Crippen molar-refractivity contribution in [3.8, 4) is 17.0 Å². The van der Waals surface area contributed by atoms with Crippen molar-refractivity contribution in [1.82, 2.24) is 14.3 Å². The maximum atomic E-state index is 6.39. The van der Waals surface area contributed by atoms with Gasteiger partial charge in [0, 0.05) is 44.1 Å². The van der Waals surface area contributed by atoms with Crippen molar-refractivity contribution in [1.29, 1.82) is 0 Å². The summed E-state index contributed by atoms with van der Waals surface area (Å²) in [4.78, 5) is 9.61. The van der Waals surface area contributed by atoms with Crippen LogP contribution in [0.25, 0.3) is 16.9 Å². The predicted molar refractivity (Wildman–Crippen MR) is 145 cm³/mol. The number of anilines is 1. The van der Waals surface area contributed by atoms with E-state index in [4.69, 9.17) is 32.9 Å². The number of imidazole rings is 1. The minimum absolute atomic E-state index is 0.617. The minimum Gasteiger partial charge on any atom is -0.494 e. The van der Waals surface area contributed by atoms with E-state index in [0.717, 1.165) is 80.5 Å². The van der Waals surface area contributed by atoms with Gasteiger partial charge in [-0.3, -0.25) is 4.90 Å². The Balaban J connectivity index is 1.03. The van der Waals surface area contributed by atoms with Gasteiger partial charge in [-0.2, -0.15) is 0 Å². The third kappa shape index (κ3) is 5.58. The molecule has 2 aromatic carbocycles. The lowest BCUT2D eigenvalue weighted by molar-refractivity contribution is 0.238. The van der Waals surface area contributed by atoms with Crippen LogP contribution in [0, 0.1) is 6.92 Å². The highest BCUT2D eigenvalue weighted by Gasteiger charge is 2.19. The molecule has 0 aliphatic carbocycles. The molecular weight excluding hydrogens is 479 g/mol. The van der Waals surface area contributed by atoms with Gasteiger partial charge in [0.1, 0.15) is 11.4 Å². The van der Waals surface area contributed by atoms with Crippen molar-refractivity contribution >= 4 is 34.5 Å². The zero-order valence-corrected chi connectivity index (χ0v) is 21.5. The highest BCUT2D eigenvalue weighted by atomic mass is 35.5. The van der Waals surface area contributed by atoms with Crippen molar-refractivity contribution in [2.75, 3.05) is 44.2 Å². The topological polar surface area (TPSA) is 33.0 Å². The van der Waals surface area contributed by atoms with Crippen LogP contribution in [0.1, 0.15) is 18.4 Å². The summed E-state index contributed by atoms with van der Waals surface area (Å²) >= 11 is 12.6. The third-order valence-corrected chi connectivity index (χ3v) is 7.42. The van der Waals surface area contributed by atoms with E-state index in [1.165, 1.54) is 5.56 Å². The first kappa shape index (κ1) is 24.0. The number of benzene rings is 2. The molecule has 0 radical (unpaired) electrons. The standard InChI is InChI=1S/C28H30Cl2N4O/c1-21-6-5-14-34-20-25(31-28(21)34)22-9-11-23(12-10-22)35-19-3-2-13-32-15-17-33(18-16-32)26-8-4-7-24(29)27(26)30/h4-12,14,20H,2-3,13,15-19H2,1H3. The molecule has 7 heteroatoms. The van der Waals surface area contributed by atoms with Crippen LogP contribution in [-0.4, -0.2) is 53.6 Å². The number of hydrogen-bond acceptors (Lipinski definition) is 4. The van der Waals surface area contributed by atoms with Crippen LogP contribution in [-0.2, 0) is 0 Å². The Kier molecular flexibility index (Phi) is 7.47. The Morgan fingerprint density at radius 1 is 0.914 bits per heavy atom. The SMILES string of the molecule is Cc1cccn2cc(-c3ccc(OCCCCN4CCN(c5cccc(Cl)c5Cl)CC4)cc3)nc12. The second-order valence-corrected chi connectivity index (χ2v) is 9.81. The van der Waals surface area contributed by atoms with E-state index in [1.54, 1.807) is 0 Å². The summed E-state index contributed by atoms with van der Waals surface area (Å²) in [5.74, 6) is 0.903. The van der Waals surface area contributed by atoms with Gasteiger partial charge in [-0.25, -0.2) is 4.98 Å². The average molecular weight is 509 g/mol. The largest absolute Gasteiger partial charge is 0.494 e. The number of aryl methyl sites for hydroxylation is 1. The van der Waals surface area contributed by atoms with Gasteiger partial charge in [0.05, 0.1) is 28.0 Å². The molecular formula is C28H30Cl2N4O. The molecule has 0 amide bonds. The van der Waals surface area contributed by atoms with Gasteiger partial charge in [-0.1, -0.05) is 35.3 Å². The molecule has 0 N–H and O–H groups in total. The molecule has 0 unspecified atom stereocenters. The normalized spacial score (nSPS) is 14.5. The third-order valence-electron chi connectivity index (χ3n) is 6.61. The van der Waals surface area contributed by atoms with Crippen LogP contribution in [0.4, 0.5) is 5.69 Å². The molecule has 0 saturated carbocycles. The molecule has 2 aromatic heterocycles. The number of fused-ring (bicyclic) bond motifs is 1. The molecule has 1 aliphatic rings. The fourth-order valence-electron chi connectivity index (χ4n) is 4.59. The number of unbranched alkanes of at least 4 members (excludes halogenated alkanes) is 1. The van der Waals surface area contributed by atoms with E-state index in [-0.39, 0.29) is 0 Å². The van der Waals surface area contributed by atoms with Crippen LogP contribution in [0.15, 0.2) is 67.0 Å². The maximum Gasteiger partial charge on any atom is 0.140 e. The van der Waals surface area contributed by atoms with Crippen LogP contribution < -0.4 is 9.64 Å². The van der Waals surface area contributed by atoms with Crippen LogP contribution in [0.2, 0.25) is 10.0 Å². The molecule has 0 bridgehead atoms. The second-order valence-electron chi connectivity index (χ2n) is 9.03. The molecule has 4 aromatic rings. The summed E-state index contributed by atoms with van der Waals surface area (Å²) in [7, 11) is 0. The number of hydrogen-bond donors (Lipinski definition) is 0. The Hall–Kier alpha value is -2.73. The van der Waals surface area contributed by atoms with Crippen LogP contribution in [0.5, 0.6) is 5.75 Å². The monoisotopic (exact) mass is 508 g/mol. The number of nitrogens with zero attached hydrogens (tertiary/aromatic N) is 4. The van der Waals surface area contributed by atoms with Gasteiger partial charge in [-0.05, 0) is 74.3 Å². The van der Waals surface area contributed by atoms with E-state index >= 15 is 0 Å². The Morgan fingerprint density at radius 2 is 1.71 bits per heavy atom. The molecule has 0 atom stereocenters. The number of aromatic nitrogens is 2. The van der Waals surface area contributed by atoms with Gasteiger partial charge in [0.2, 0.25) is 0 Å². The predicted octanol–water partition coefficient (Wildman–Crippen LogP) is 6.60. The van der Waals surface area contributed by atoms with E-state index in [9.17, 15) is 0 Å². The summed E-state index contributed by atoms with van der Waals surface area (Å²) in [6, 6.07) is 18.2. The first-order valence-corrected chi connectivity index (χ1v) is 12.9. The highest BCUT2D eigenvalue weighted by Crippen LogP contribution is 2.33. The van der Waals surface area contributed by atoms with Gasteiger partial charge < -0.3 is 14.0 Å². The van der Waals surface area contributed by atoms with Crippen molar-refractivity contribution in [3.63, 3.8) is 0 Å². The molecule has 35 heavy (non-hydrogen) atoms. The first-order valence-electron chi connectivity index (χ1n) is 12.2. The fraction of sp³-hybridized carbons (Fsp3) is 0.321. The van der Waals surface area contributed by atoms with Crippen molar-refractivity contribution in [2.45, 2.75) is 19.8 Å². The number of piperazine rings is 1. The Labute approximate surface area is 216 Å². The lowest BCUT2D eigenvalue weighted by Gasteiger charge is -2.36. The quantitative estimate of drug-likeness (QED) is 0.251. The molecule has 5 nitrogen and oxygen atoms in total. The Morgan fingerprint density at radius 3 is 2.49 bits per heavy atom. The summed E-state index contributed by atoms with van der Waals surface area (Å²) in [6.07, 6.45) is 6.26. The van der Waals surface area contributed by atoms with E-state index in [1.807, 2.05) is 42.6 Å². The minimum atomic E-state index is 0.617. The molecule has 5 rings (SSSR count). The number of pyridine rings is 1. The first-order chi connectivity index (χ1) is 17.1. The highest BCUT2D eigenvalue weighted by molar-refractivity contribution is 6.43. The van der Waals surface area contributed by atoms with Gasteiger partial charge in [0.15, 0.2) is 0 Å². The molecule has 1 aliphatic heterocycles. The maximum absolute atomic E-state index is 6.39. The molecule has 1 saturated heterocycles. The number of halogens is 2. The van der Waals surface area contributed by atoms with Crippen LogP contribution in [0.3, 0.4) is 0 Å². The Bertz CT molecular complexity index is 1280. The lowest BCUT2D eigenvalue weighted by Crippen LogP contribution is -2.46. The average Bonchev–Trinajstić information content (AvgIpc) is 3.32. The van der Waals surface area contributed by atoms with Crippen LogP contribution >= 0.6 is 23.2 Å². The fourth-order valence-corrected chi connectivity index (χ4v) is 5.01. The molecule has 0 spiro atoms. The number of ether oxygens (including phenoxy) is 1. The summed E-state index contributed by atoms with van der Waals surface area (Å²) in [5.41, 5.74) is 5.28. The molecule has 3 heterocycles. The molecule has 1 fully saturated rings. The summed E-state index contributed by atoms with van der Waals surface area (Å²) < 4.78 is 8.05. The van der Waals surface area contributed by atoms with Crippen molar-refractivity contribution in [3.05, 3.63) is 82.6 Å². The van der Waals surface area contributed by atoms with E-state index in [0.29, 0.717) is 10.0 Å². The van der Waals surface area contributed by atoms with Gasteiger partial charge in [-0.15, -0.1) is 0 Å². The van der Waals surface area contributed by atoms with Crippen molar-refractivity contribution < 1.29 is 4.74 Å². The van der Waals surface area contributed by atoms with E-state index < -0.39 is 0 Å². The second kappa shape index (κ2) is 10.9. The smallest absolute Gasteiger partial charge is 0.140 e. The molecule has 182 valence electrons. The van der Waals surface area contributed by atoms with Gasteiger partial charge in [0.25, 0.3) is 0 Å². The summed E-state index contributed by atoms with van der Waals surface area (Å²) in [6.45, 7) is 7.91. The van der Waals surface area contributed by atoms with Crippen molar-refractivity contribution in [2.24, 2.45) is 0 Å². The van der Waals surface area contributed by atoms with E-state index in [2.05, 4.69) is 45.5 Å². The summed E-state index contributed by atoms with van der Waals surface area (Å²) in [5, 5.41) is 1.27. The number of rotatable bonds is 8. The lowest BCUT2D eigenvalue weighted by atomic mass is 10.1. The van der Waals surface area contributed by atoms with Gasteiger partial charge >= 0.3 is 0 Å².